The number of hydrogen-bond donors (Lipinski definition) is 3. The Balaban J connectivity index is 1.71. The Morgan fingerprint density at radius 2 is 2.05 bits per heavy atom. The summed E-state index contributed by atoms with van der Waals surface area (Å²) >= 11 is 0. The summed E-state index contributed by atoms with van der Waals surface area (Å²) in [7, 11) is 0. The van der Waals surface area contributed by atoms with Crippen LogP contribution in [0.3, 0.4) is 0 Å². The minimum absolute atomic E-state index is 0.170. The molecule has 3 aromatic rings. The molecule has 4 nitrogen and oxygen atoms in total. The van der Waals surface area contributed by atoms with E-state index in [-0.39, 0.29) is 5.91 Å². The predicted molar refractivity (Wildman–Crippen MR) is 89.8 cm³/mol. The summed E-state index contributed by atoms with van der Waals surface area (Å²) in [4.78, 5) is 15.4. The maximum absolute atomic E-state index is 12.2. The average molecular weight is 293 g/mol. The Labute approximate surface area is 129 Å². The van der Waals surface area contributed by atoms with E-state index in [0.29, 0.717) is 6.42 Å². The van der Waals surface area contributed by atoms with Gasteiger partial charge in [-0.25, -0.2) is 0 Å². The molecular formula is C18H19N3O. The molecule has 1 amide bonds. The van der Waals surface area contributed by atoms with Gasteiger partial charge in [-0.2, -0.15) is 0 Å². The van der Waals surface area contributed by atoms with Crippen molar-refractivity contribution in [1.82, 2.24) is 4.98 Å². The number of rotatable bonds is 4. The highest BCUT2D eigenvalue weighted by Gasteiger charge is 2.16. The van der Waals surface area contributed by atoms with Gasteiger partial charge in [-0.05, 0) is 42.7 Å². The van der Waals surface area contributed by atoms with Crippen molar-refractivity contribution in [3.8, 4) is 0 Å². The Morgan fingerprint density at radius 1 is 1.23 bits per heavy atom. The second-order valence-corrected chi connectivity index (χ2v) is 5.53. The maximum atomic E-state index is 12.2. The first-order chi connectivity index (χ1) is 10.6. The number of hydrogen-bond acceptors (Lipinski definition) is 2. The molecule has 0 saturated carbocycles. The summed E-state index contributed by atoms with van der Waals surface area (Å²) in [6.07, 6.45) is 2.42. The zero-order chi connectivity index (χ0) is 15.5. The SMILES string of the molecule is Cc1cccc(NC(=O)[C@@H](N)Cc2c[nH]c3ccccc23)c1. The minimum Gasteiger partial charge on any atom is -0.361 e. The molecule has 3 rings (SSSR count). The summed E-state index contributed by atoms with van der Waals surface area (Å²) in [6, 6.07) is 15.1. The van der Waals surface area contributed by atoms with Crippen LogP contribution in [0.25, 0.3) is 10.9 Å². The third-order valence-electron chi connectivity index (χ3n) is 3.74. The highest BCUT2D eigenvalue weighted by atomic mass is 16.2. The molecule has 0 fully saturated rings. The lowest BCUT2D eigenvalue weighted by Gasteiger charge is -2.12. The number of anilines is 1. The number of H-pyrrole nitrogens is 1. The number of amides is 1. The number of nitrogens with two attached hydrogens (primary N) is 1. The van der Waals surface area contributed by atoms with Gasteiger partial charge in [-0.1, -0.05) is 30.3 Å². The van der Waals surface area contributed by atoms with Crippen LogP contribution in [0.2, 0.25) is 0 Å². The van der Waals surface area contributed by atoms with Gasteiger partial charge in [-0.3, -0.25) is 4.79 Å². The Morgan fingerprint density at radius 3 is 2.86 bits per heavy atom. The van der Waals surface area contributed by atoms with Crippen LogP contribution in [0.15, 0.2) is 54.7 Å². The molecule has 112 valence electrons. The van der Waals surface area contributed by atoms with Crippen LogP contribution >= 0.6 is 0 Å². The largest absolute Gasteiger partial charge is 0.361 e. The molecule has 1 atom stereocenters. The molecule has 22 heavy (non-hydrogen) atoms. The normalized spacial score (nSPS) is 12.3. The maximum Gasteiger partial charge on any atom is 0.241 e. The standard InChI is InChI=1S/C18H19N3O/c1-12-5-4-6-14(9-12)21-18(22)16(19)10-13-11-20-17-8-3-2-7-15(13)17/h2-9,11,16,20H,10,19H2,1H3,(H,21,22)/t16-/m0/s1. The van der Waals surface area contributed by atoms with Crippen molar-refractivity contribution in [2.45, 2.75) is 19.4 Å². The fraction of sp³-hybridized carbons (Fsp3) is 0.167. The van der Waals surface area contributed by atoms with E-state index in [9.17, 15) is 4.79 Å². The molecule has 0 bridgehead atoms. The Bertz CT molecular complexity index is 807. The number of para-hydroxylation sites is 1. The van der Waals surface area contributed by atoms with E-state index in [1.165, 1.54) is 0 Å². The number of aromatic amines is 1. The summed E-state index contributed by atoms with van der Waals surface area (Å²) in [5.41, 5.74) is 10.1. The van der Waals surface area contributed by atoms with Crippen molar-refractivity contribution >= 4 is 22.5 Å². The highest BCUT2D eigenvalue weighted by Crippen LogP contribution is 2.19. The van der Waals surface area contributed by atoms with Gasteiger partial charge in [0.05, 0.1) is 6.04 Å². The fourth-order valence-electron chi connectivity index (χ4n) is 2.59. The second kappa shape index (κ2) is 6.03. The van der Waals surface area contributed by atoms with Crippen LogP contribution in [-0.4, -0.2) is 16.9 Å². The van der Waals surface area contributed by atoms with E-state index in [1.54, 1.807) is 0 Å². The average Bonchev–Trinajstić information content (AvgIpc) is 2.90. The fourth-order valence-corrected chi connectivity index (χ4v) is 2.59. The molecule has 0 spiro atoms. The van der Waals surface area contributed by atoms with Gasteiger partial charge in [0.15, 0.2) is 0 Å². The first kappa shape index (κ1) is 14.4. The van der Waals surface area contributed by atoms with Crippen LogP contribution in [0.5, 0.6) is 0 Å². The number of aryl methyl sites for hydroxylation is 1. The van der Waals surface area contributed by atoms with E-state index in [1.807, 2.05) is 61.7 Å². The second-order valence-electron chi connectivity index (χ2n) is 5.53. The topological polar surface area (TPSA) is 70.9 Å². The predicted octanol–water partition coefficient (Wildman–Crippen LogP) is 2.98. The molecule has 4 heteroatoms. The van der Waals surface area contributed by atoms with Crippen molar-refractivity contribution in [1.29, 1.82) is 0 Å². The van der Waals surface area contributed by atoms with Gasteiger partial charge < -0.3 is 16.0 Å². The molecule has 0 saturated heterocycles. The Hall–Kier alpha value is -2.59. The van der Waals surface area contributed by atoms with Gasteiger partial charge in [-0.15, -0.1) is 0 Å². The van der Waals surface area contributed by atoms with E-state index in [2.05, 4.69) is 10.3 Å². The van der Waals surface area contributed by atoms with Crippen LogP contribution in [0.1, 0.15) is 11.1 Å². The van der Waals surface area contributed by atoms with Crippen LogP contribution in [0.4, 0.5) is 5.69 Å². The summed E-state index contributed by atoms with van der Waals surface area (Å²) in [6.45, 7) is 1.99. The lowest BCUT2D eigenvalue weighted by Crippen LogP contribution is -2.37. The van der Waals surface area contributed by atoms with Crippen molar-refractivity contribution in [2.24, 2.45) is 5.73 Å². The smallest absolute Gasteiger partial charge is 0.241 e. The molecule has 1 heterocycles. The molecule has 0 unspecified atom stereocenters. The van der Waals surface area contributed by atoms with E-state index < -0.39 is 6.04 Å². The minimum atomic E-state index is -0.584. The van der Waals surface area contributed by atoms with Crippen molar-refractivity contribution in [3.05, 3.63) is 65.9 Å². The van der Waals surface area contributed by atoms with Crippen molar-refractivity contribution < 1.29 is 4.79 Å². The zero-order valence-electron chi connectivity index (χ0n) is 12.5. The van der Waals surface area contributed by atoms with Crippen molar-refractivity contribution in [2.75, 3.05) is 5.32 Å². The molecule has 1 aromatic heterocycles. The van der Waals surface area contributed by atoms with Gasteiger partial charge in [0.25, 0.3) is 0 Å². The number of aromatic nitrogens is 1. The first-order valence-corrected chi connectivity index (χ1v) is 7.31. The Kier molecular flexibility index (Phi) is 3.94. The van der Waals surface area contributed by atoms with Gasteiger partial charge in [0, 0.05) is 22.8 Å². The molecular weight excluding hydrogens is 274 g/mol. The lowest BCUT2D eigenvalue weighted by atomic mass is 10.0. The molecule has 0 aliphatic carbocycles. The molecule has 0 aliphatic rings. The van der Waals surface area contributed by atoms with Gasteiger partial charge >= 0.3 is 0 Å². The van der Waals surface area contributed by atoms with Crippen LogP contribution in [0, 0.1) is 6.92 Å². The van der Waals surface area contributed by atoms with E-state index in [0.717, 1.165) is 27.7 Å². The number of nitrogens with one attached hydrogen (secondary N) is 2. The summed E-state index contributed by atoms with van der Waals surface area (Å²) < 4.78 is 0. The molecule has 0 aliphatic heterocycles. The van der Waals surface area contributed by atoms with Gasteiger partial charge in [0.2, 0.25) is 5.91 Å². The monoisotopic (exact) mass is 293 g/mol. The lowest BCUT2D eigenvalue weighted by molar-refractivity contribution is -0.117. The molecule has 2 aromatic carbocycles. The quantitative estimate of drug-likeness (QED) is 0.692. The summed E-state index contributed by atoms with van der Waals surface area (Å²) in [5.74, 6) is -0.170. The van der Waals surface area contributed by atoms with Gasteiger partial charge in [0.1, 0.15) is 0 Å². The van der Waals surface area contributed by atoms with Crippen LogP contribution < -0.4 is 11.1 Å². The number of benzene rings is 2. The third kappa shape index (κ3) is 3.02. The third-order valence-corrected chi connectivity index (χ3v) is 3.74. The summed E-state index contributed by atoms with van der Waals surface area (Å²) in [5, 5.41) is 3.98. The molecule has 0 radical (unpaired) electrons. The van der Waals surface area contributed by atoms with E-state index >= 15 is 0 Å². The van der Waals surface area contributed by atoms with Crippen molar-refractivity contribution in [3.63, 3.8) is 0 Å². The molecule has 4 N–H and O–H groups in total. The number of fused-ring (bicyclic) bond motifs is 1. The number of carbonyl (C=O) groups is 1. The highest BCUT2D eigenvalue weighted by molar-refractivity contribution is 5.95. The number of carbonyl (C=O) groups excluding carboxylic acids is 1. The van der Waals surface area contributed by atoms with E-state index in [4.69, 9.17) is 5.73 Å². The first-order valence-electron chi connectivity index (χ1n) is 7.31. The van der Waals surface area contributed by atoms with Crippen LogP contribution in [-0.2, 0) is 11.2 Å². The zero-order valence-corrected chi connectivity index (χ0v) is 12.5.